The minimum absolute atomic E-state index is 0.00314. The molecule has 8 nitrogen and oxygen atoms in total. The Balaban J connectivity index is 1.94. The first-order chi connectivity index (χ1) is 12.7. The van der Waals surface area contributed by atoms with E-state index in [1.807, 2.05) is 20.8 Å². The topological polar surface area (TPSA) is 104 Å². The number of ether oxygens (including phenoxy) is 2. The Hall–Kier alpha value is -2.71. The number of carbonyl (C=O) groups is 1. The molecule has 0 aliphatic rings. The van der Waals surface area contributed by atoms with E-state index >= 15 is 0 Å². The van der Waals surface area contributed by atoms with Crippen molar-refractivity contribution in [1.82, 2.24) is 4.98 Å². The Morgan fingerprint density at radius 3 is 2.59 bits per heavy atom. The van der Waals surface area contributed by atoms with E-state index in [4.69, 9.17) is 21.1 Å². The zero-order valence-electron chi connectivity index (χ0n) is 15.2. The van der Waals surface area contributed by atoms with E-state index in [0.29, 0.717) is 19.1 Å². The minimum Gasteiger partial charge on any atom is -0.475 e. The number of hydrogen-bond acceptors (Lipinski definition) is 6. The fourth-order valence-corrected chi connectivity index (χ4v) is 2.21. The maximum absolute atomic E-state index is 12.2. The van der Waals surface area contributed by atoms with Crippen LogP contribution in [0, 0.1) is 10.1 Å². The van der Waals surface area contributed by atoms with Crippen LogP contribution in [-0.4, -0.2) is 34.6 Å². The number of nitro benzene ring substituents is 1. The van der Waals surface area contributed by atoms with Gasteiger partial charge < -0.3 is 14.8 Å². The average molecular weight is 394 g/mol. The van der Waals surface area contributed by atoms with E-state index in [1.54, 1.807) is 12.1 Å². The summed E-state index contributed by atoms with van der Waals surface area (Å²) in [6.45, 7) is 6.61. The normalized spacial score (nSPS) is 11.1. The van der Waals surface area contributed by atoms with Crippen LogP contribution in [-0.2, 0) is 4.74 Å². The van der Waals surface area contributed by atoms with Crippen molar-refractivity contribution in [1.29, 1.82) is 0 Å². The van der Waals surface area contributed by atoms with Crippen LogP contribution in [0.1, 0.15) is 31.1 Å². The molecule has 0 spiro atoms. The molecule has 1 aromatic carbocycles. The highest BCUT2D eigenvalue weighted by molar-refractivity contribution is 6.32. The van der Waals surface area contributed by atoms with Crippen LogP contribution in [0.3, 0.4) is 0 Å². The van der Waals surface area contributed by atoms with Gasteiger partial charge in [0.25, 0.3) is 11.6 Å². The third-order valence-corrected chi connectivity index (χ3v) is 3.59. The van der Waals surface area contributed by atoms with Gasteiger partial charge in [0, 0.05) is 24.0 Å². The van der Waals surface area contributed by atoms with Crippen LogP contribution in [0.5, 0.6) is 5.88 Å². The smallest absolute Gasteiger partial charge is 0.289 e. The van der Waals surface area contributed by atoms with E-state index in [-0.39, 0.29) is 27.6 Å². The summed E-state index contributed by atoms with van der Waals surface area (Å²) in [5.74, 6) is -0.0899. The molecule has 0 aliphatic carbocycles. The number of pyridine rings is 1. The maximum atomic E-state index is 12.2. The molecule has 2 rings (SSSR count). The summed E-state index contributed by atoms with van der Waals surface area (Å²) < 4.78 is 11.0. The van der Waals surface area contributed by atoms with Gasteiger partial charge in [0.05, 0.1) is 22.7 Å². The molecule has 0 unspecified atom stereocenters. The molecule has 27 heavy (non-hydrogen) atoms. The Morgan fingerprint density at radius 2 is 2.00 bits per heavy atom. The largest absolute Gasteiger partial charge is 0.475 e. The van der Waals surface area contributed by atoms with Crippen LogP contribution < -0.4 is 10.1 Å². The monoisotopic (exact) mass is 393 g/mol. The molecule has 9 heteroatoms. The van der Waals surface area contributed by atoms with Crippen LogP contribution in [0.2, 0.25) is 5.02 Å². The van der Waals surface area contributed by atoms with Crippen LogP contribution in [0.4, 0.5) is 11.4 Å². The molecular weight excluding hydrogens is 374 g/mol. The summed E-state index contributed by atoms with van der Waals surface area (Å²) in [4.78, 5) is 26.6. The van der Waals surface area contributed by atoms with E-state index in [2.05, 4.69) is 10.3 Å². The van der Waals surface area contributed by atoms with E-state index in [0.717, 1.165) is 0 Å². The highest BCUT2D eigenvalue weighted by Crippen LogP contribution is 2.27. The Morgan fingerprint density at radius 1 is 1.26 bits per heavy atom. The van der Waals surface area contributed by atoms with Crippen molar-refractivity contribution < 1.29 is 19.2 Å². The van der Waals surface area contributed by atoms with Crippen molar-refractivity contribution in [2.75, 3.05) is 18.5 Å². The van der Waals surface area contributed by atoms with Crippen LogP contribution in [0.25, 0.3) is 0 Å². The van der Waals surface area contributed by atoms with Gasteiger partial charge in [0.2, 0.25) is 5.88 Å². The zero-order chi connectivity index (χ0) is 20.0. The molecule has 1 heterocycles. The molecule has 1 aromatic heterocycles. The predicted molar refractivity (Wildman–Crippen MR) is 101 cm³/mol. The number of nitrogens with zero attached hydrogens (tertiary/aromatic N) is 2. The molecule has 0 aliphatic heterocycles. The fraction of sp³-hybridized carbons (Fsp3) is 0.333. The number of hydrogen-bond donors (Lipinski definition) is 1. The second kappa shape index (κ2) is 8.79. The van der Waals surface area contributed by atoms with Gasteiger partial charge in [-0.1, -0.05) is 11.6 Å². The predicted octanol–water partition coefficient (Wildman–Crippen LogP) is 4.09. The lowest BCUT2D eigenvalue weighted by Crippen LogP contribution is -2.22. The van der Waals surface area contributed by atoms with Gasteiger partial charge in [0.15, 0.2) is 0 Å². The van der Waals surface area contributed by atoms with Gasteiger partial charge in [-0.15, -0.1) is 0 Å². The number of aromatic nitrogens is 1. The lowest BCUT2D eigenvalue weighted by molar-refractivity contribution is -0.384. The molecule has 0 atom stereocenters. The lowest BCUT2D eigenvalue weighted by Gasteiger charge is -2.19. The number of halogens is 1. The first-order valence-corrected chi connectivity index (χ1v) is 8.51. The SMILES string of the molecule is CC(C)(C)OCCOc1ccc(C(=O)Nc2ccc(Cl)c([N+](=O)[O-])c2)cn1. The number of rotatable bonds is 7. The van der Waals surface area contributed by atoms with Crippen molar-refractivity contribution in [2.24, 2.45) is 0 Å². The highest BCUT2D eigenvalue weighted by Gasteiger charge is 2.15. The second-order valence-corrected chi connectivity index (χ2v) is 6.98. The molecular formula is C18H20ClN3O5. The summed E-state index contributed by atoms with van der Waals surface area (Å²) in [7, 11) is 0. The highest BCUT2D eigenvalue weighted by atomic mass is 35.5. The number of benzene rings is 1. The Labute approximate surface area is 161 Å². The van der Waals surface area contributed by atoms with E-state index in [9.17, 15) is 14.9 Å². The Bertz CT molecular complexity index is 819. The molecule has 0 bridgehead atoms. The van der Waals surface area contributed by atoms with E-state index in [1.165, 1.54) is 24.4 Å². The second-order valence-electron chi connectivity index (χ2n) is 6.57. The van der Waals surface area contributed by atoms with Crippen LogP contribution in [0.15, 0.2) is 36.5 Å². The van der Waals surface area contributed by atoms with Gasteiger partial charge in [0.1, 0.15) is 11.6 Å². The number of nitro groups is 1. The molecule has 1 N–H and O–H groups in total. The average Bonchev–Trinajstić information content (AvgIpc) is 2.60. The minimum atomic E-state index is -0.616. The molecule has 144 valence electrons. The quantitative estimate of drug-likeness (QED) is 0.431. The number of amides is 1. The maximum Gasteiger partial charge on any atom is 0.289 e. The molecule has 0 saturated heterocycles. The Kier molecular flexibility index (Phi) is 6.70. The van der Waals surface area contributed by atoms with Crippen LogP contribution >= 0.6 is 11.6 Å². The summed E-state index contributed by atoms with van der Waals surface area (Å²) in [5, 5.41) is 13.5. The third kappa shape index (κ3) is 6.50. The zero-order valence-corrected chi connectivity index (χ0v) is 15.9. The molecule has 0 radical (unpaired) electrons. The third-order valence-electron chi connectivity index (χ3n) is 3.27. The van der Waals surface area contributed by atoms with Gasteiger partial charge in [-0.3, -0.25) is 14.9 Å². The molecule has 2 aromatic rings. The molecule has 0 fully saturated rings. The number of nitrogens with one attached hydrogen (secondary N) is 1. The van der Waals surface area contributed by atoms with Crippen molar-refractivity contribution in [2.45, 2.75) is 26.4 Å². The summed E-state index contributed by atoms with van der Waals surface area (Å²) >= 11 is 5.75. The van der Waals surface area contributed by atoms with Crippen molar-refractivity contribution in [3.63, 3.8) is 0 Å². The summed E-state index contributed by atoms with van der Waals surface area (Å²) in [6.07, 6.45) is 1.36. The lowest BCUT2D eigenvalue weighted by atomic mass is 10.2. The van der Waals surface area contributed by atoms with Crippen molar-refractivity contribution in [3.8, 4) is 5.88 Å². The number of anilines is 1. The molecule has 0 saturated carbocycles. The van der Waals surface area contributed by atoms with Gasteiger partial charge in [-0.25, -0.2) is 4.98 Å². The molecule has 1 amide bonds. The van der Waals surface area contributed by atoms with Gasteiger partial charge in [-0.05, 0) is 39.0 Å². The standard InChI is InChI=1S/C18H20ClN3O5/c1-18(2,3)27-9-8-26-16-7-4-12(11-20-16)17(23)21-13-5-6-14(19)15(10-13)22(24)25/h4-7,10-11H,8-9H2,1-3H3,(H,21,23). The first kappa shape index (κ1) is 20.6. The summed E-state index contributed by atoms with van der Waals surface area (Å²) in [6, 6.07) is 7.14. The summed E-state index contributed by atoms with van der Waals surface area (Å²) in [5.41, 5.74) is 0.0191. The van der Waals surface area contributed by atoms with Crippen molar-refractivity contribution >= 4 is 28.9 Å². The van der Waals surface area contributed by atoms with Gasteiger partial charge >= 0.3 is 0 Å². The van der Waals surface area contributed by atoms with Gasteiger partial charge in [-0.2, -0.15) is 0 Å². The van der Waals surface area contributed by atoms with E-state index < -0.39 is 10.8 Å². The number of carbonyl (C=O) groups excluding carboxylic acids is 1. The first-order valence-electron chi connectivity index (χ1n) is 8.14. The van der Waals surface area contributed by atoms with Crippen molar-refractivity contribution in [3.05, 3.63) is 57.2 Å². The fourth-order valence-electron chi connectivity index (χ4n) is 2.03.